The summed E-state index contributed by atoms with van der Waals surface area (Å²) >= 11 is 0. The molecule has 0 heterocycles. The average Bonchev–Trinajstić information content (AvgIpc) is 2.83. The summed E-state index contributed by atoms with van der Waals surface area (Å²) in [5, 5.41) is 9.57. The molecule has 0 unspecified atom stereocenters. The molecule has 13 heteroatoms. The fraction of sp³-hybridized carbons (Fsp3) is 0.231. The van der Waals surface area contributed by atoms with E-state index < -0.39 is 54.4 Å². The normalized spacial score (nSPS) is 12.4. The Bertz CT molecular complexity index is 1660. The molecule has 0 aliphatic heterocycles. The SMILES string of the molecule is CC(C)(C)S(=O)(=O)NC(=O)Cc1cc(Oc2ccc(S(=O)(=O)c3ccccc3)cc2C#N)cc(C(F)(F)F)c1. The van der Waals surface area contributed by atoms with Gasteiger partial charge in [0, 0.05) is 0 Å². The molecular formula is C26H23F3N2O6S2. The van der Waals surface area contributed by atoms with Crippen LogP contribution >= 0.6 is 0 Å². The number of nitrogens with zero attached hydrogens (tertiary/aromatic N) is 1. The first kappa shape index (κ1) is 29.7. The Kier molecular flexibility index (Phi) is 8.14. The lowest BCUT2D eigenvalue weighted by Gasteiger charge is -2.19. The van der Waals surface area contributed by atoms with E-state index in [1.807, 2.05) is 4.72 Å². The highest BCUT2D eigenvalue weighted by Gasteiger charge is 2.33. The van der Waals surface area contributed by atoms with Gasteiger partial charge in [0.15, 0.2) is 0 Å². The number of sulfone groups is 1. The van der Waals surface area contributed by atoms with Gasteiger partial charge in [-0.3, -0.25) is 9.52 Å². The molecule has 1 amide bonds. The molecule has 0 fully saturated rings. The van der Waals surface area contributed by atoms with Crippen LogP contribution in [0, 0.1) is 11.3 Å². The summed E-state index contributed by atoms with van der Waals surface area (Å²) in [5.41, 5.74) is -1.65. The van der Waals surface area contributed by atoms with Gasteiger partial charge in [-0.25, -0.2) is 16.8 Å². The number of nitriles is 1. The molecule has 3 aromatic carbocycles. The lowest BCUT2D eigenvalue weighted by Crippen LogP contribution is -2.43. The van der Waals surface area contributed by atoms with Crippen LogP contribution in [0.5, 0.6) is 11.5 Å². The maximum atomic E-state index is 13.6. The zero-order valence-corrected chi connectivity index (χ0v) is 22.5. The maximum Gasteiger partial charge on any atom is 0.416 e. The summed E-state index contributed by atoms with van der Waals surface area (Å²) in [4.78, 5) is 12.1. The minimum Gasteiger partial charge on any atom is -0.456 e. The van der Waals surface area contributed by atoms with Crippen LogP contribution in [0.4, 0.5) is 13.2 Å². The molecule has 0 atom stereocenters. The number of benzene rings is 3. The quantitative estimate of drug-likeness (QED) is 0.417. The molecule has 39 heavy (non-hydrogen) atoms. The number of carbonyl (C=O) groups excluding carboxylic acids is 1. The van der Waals surface area contributed by atoms with Crippen molar-refractivity contribution >= 4 is 25.8 Å². The number of halogens is 3. The monoisotopic (exact) mass is 580 g/mol. The smallest absolute Gasteiger partial charge is 0.416 e. The number of hydrogen-bond acceptors (Lipinski definition) is 7. The van der Waals surface area contributed by atoms with Crippen molar-refractivity contribution in [3.8, 4) is 17.6 Å². The fourth-order valence-corrected chi connectivity index (χ4v) is 5.21. The number of sulfonamides is 1. The van der Waals surface area contributed by atoms with Crippen molar-refractivity contribution in [1.29, 1.82) is 5.26 Å². The number of carbonyl (C=O) groups is 1. The van der Waals surface area contributed by atoms with Crippen LogP contribution in [0.25, 0.3) is 0 Å². The van der Waals surface area contributed by atoms with Gasteiger partial charge in [0.05, 0.1) is 32.1 Å². The second kappa shape index (κ2) is 10.7. The van der Waals surface area contributed by atoms with Gasteiger partial charge in [0.2, 0.25) is 25.8 Å². The average molecular weight is 581 g/mol. The number of ether oxygens (including phenoxy) is 1. The predicted octanol–water partition coefficient (Wildman–Crippen LogP) is 4.99. The highest BCUT2D eigenvalue weighted by Crippen LogP contribution is 2.36. The van der Waals surface area contributed by atoms with Crippen molar-refractivity contribution in [3.63, 3.8) is 0 Å². The van der Waals surface area contributed by atoms with E-state index in [9.17, 15) is 40.1 Å². The molecule has 0 bridgehead atoms. The summed E-state index contributed by atoms with van der Waals surface area (Å²) < 4.78 is 97.0. The van der Waals surface area contributed by atoms with Crippen molar-refractivity contribution < 1.29 is 39.5 Å². The van der Waals surface area contributed by atoms with Crippen LogP contribution in [0.1, 0.15) is 37.5 Å². The molecule has 3 rings (SSSR count). The lowest BCUT2D eigenvalue weighted by atomic mass is 10.1. The topological polar surface area (TPSA) is 130 Å². The second-order valence-electron chi connectivity index (χ2n) is 9.37. The van der Waals surface area contributed by atoms with Gasteiger partial charge in [-0.1, -0.05) is 18.2 Å². The first-order valence-corrected chi connectivity index (χ1v) is 14.2. The third kappa shape index (κ3) is 6.96. The highest BCUT2D eigenvalue weighted by atomic mass is 32.2. The summed E-state index contributed by atoms with van der Waals surface area (Å²) in [6.07, 6.45) is -5.55. The Morgan fingerprint density at radius 3 is 2.13 bits per heavy atom. The number of hydrogen-bond donors (Lipinski definition) is 1. The highest BCUT2D eigenvalue weighted by molar-refractivity contribution is 7.91. The van der Waals surface area contributed by atoms with Crippen LogP contribution in [-0.2, 0) is 37.3 Å². The molecule has 1 N–H and O–H groups in total. The van der Waals surface area contributed by atoms with Gasteiger partial charge in [-0.05, 0) is 74.9 Å². The molecule has 0 saturated heterocycles. The van der Waals surface area contributed by atoms with Gasteiger partial charge >= 0.3 is 6.18 Å². The Labute approximate surface area is 224 Å². The van der Waals surface area contributed by atoms with E-state index in [0.29, 0.717) is 12.1 Å². The number of rotatable bonds is 7. The molecule has 206 valence electrons. The maximum absolute atomic E-state index is 13.6. The zero-order chi connectivity index (χ0) is 29.2. The van der Waals surface area contributed by atoms with Gasteiger partial charge in [-0.2, -0.15) is 18.4 Å². The Morgan fingerprint density at radius 2 is 1.56 bits per heavy atom. The van der Waals surface area contributed by atoms with E-state index in [1.165, 1.54) is 45.0 Å². The summed E-state index contributed by atoms with van der Waals surface area (Å²) in [6.45, 7) is 4.05. The van der Waals surface area contributed by atoms with Gasteiger partial charge in [0.1, 0.15) is 17.6 Å². The molecule has 0 saturated carbocycles. The minimum atomic E-state index is -4.84. The number of nitrogens with one attached hydrogen (secondary N) is 1. The predicted molar refractivity (Wildman–Crippen MR) is 135 cm³/mol. The Balaban J connectivity index is 1.96. The van der Waals surface area contributed by atoms with Crippen molar-refractivity contribution in [2.45, 2.75) is 47.9 Å². The Hall–Kier alpha value is -3.89. The molecular weight excluding hydrogens is 557 g/mol. The zero-order valence-electron chi connectivity index (χ0n) is 20.9. The summed E-state index contributed by atoms with van der Waals surface area (Å²) in [5.74, 6) is -1.68. The van der Waals surface area contributed by atoms with Crippen LogP contribution in [-0.4, -0.2) is 27.5 Å². The molecule has 0 radical (unpaired) electrons. The van der Waals surface area contributed by atoms with Gasteiger partial charge in [0.25, 0.3) is 0 Å². The van der Waals surface area contributed by atoms with Gasteiger partial charge < -0.3 is 4.74 Å². The van der Waals surface area contributed by atoms with E-state index in [4.69, 9.17) is 4.74 Å². The van der Waals surface area contributed by atoms with Gasteiger partial charge in [-0.15, -0.1) is 0 Å². The molecule has 0 aliphatic rings. The molecule has 0 spiro atoms. The molecule has 0 aliphatic carbocycles. The third-order valence-corrected chi connectivity index (χ3v) is 9.25. The van der Waals surface area contributed by atoms with Crippen molar-refractivity contribution in [1.82, 2.24) is 4.72 Å². The van der Waals surface area contributed by atoms with Crippen molar-refractivity contribution in [3.05, 3.63) is 83.4 Å². The molecule has 8 nitrogen and oxygen atoms in total. The first-order valence-electron chi connectivity index (χ1n) is 11.2. The van der Waals surface area contributed by atoms with Crippen molar-refractivity contribution in [2.75, 3.05) is 0 Å². The van der Waals surface area contributed by atoms with Crippen LogP contribution in [0.3, 0.4) is 0 Å². The number of amides is 1. The van der Waals surface area contributed by atoms with E-state index in [-0.39, 0.29) is 26.7 Å². The Morgan fingerprint density at radius 1 is 0.923 bits per heavy atom. The molecule has 0 aromatic heterocycles. The second-order valence-corrected chi connectivity index (χ2v) is 13.8. The van der Waals surface area contributed by atoms with E-state index in [0.717, 1.165) is 24.3 Å². The van der Waals surface area contributed by atoms with Crippen molar-refractivity contribution in [2.24, 2.45) is 0 Å². The fourth-order valence-electron chi connectivity index (χ4n) is 3.23. The van der Waals surface area contributed by atoms with Crippen LogP contribution < -0.4 is 9.46 Å². The lowest BCUT2D eigenvalue weighted by molar-refractivity contribution is -0.137. The summed E-state index contributed by atoms with van der Waals surface area (Å²) in [7, 11) is -8.08. The minimum absolute atomic E-state index is 0.0168. The summed E-state index contributed by atoms with van der Waals surface area (Å²) in [6, 6.07) is 14.9. The van der Waals surface area contributed by atoms with E-state index in [1.54, 1.807) is 12.1 Å². The van der Waals surface area contributed by atoms with Crippen LogP contribution in [0.15, 0.2) is 76.5 Å². The first-order chi connectivity index (χ1) is 17.9. The third-order valence-electron chi connectivity index (χ3n) is 5.38. The van der Waals surface area contributed by atoms with E-state index >= 15 is 0 Å². The molecule has 3 aromatic rings. The largest absolute Gasteiger partial charge is 0.456 e. The van der Waals surface area contributed by atoms with Crippen LogP contribution in [0.2, 0.25) is 0 Å². The standard InChI is InChI=1S/C26H23F3N2O6S2/c1-25(2,3)39(35,36)31-24(32)13-17-11-19(26(27,28)29)15-20(12-17)37-23-10-9-22(14-18(23)16-30)38(33,34)21-7-5-4-6-8-21/h4-12,14-15H,13H2,1-3H3,(H,31,32). The number of alkyl halides is 3. The van der Waals surface area contributed by atoms with E-state index in [2.05, 4.69) is 0 Å².